The molecule has 1 aromatic carbocycles. The monoisotopic (exact) mass is 467 g/mol. The zero-order chi connectivity index (χ0) is 23.8. The fourth-order valence-corrected chi connectivity index (χ4v) is 4.09. The average Bonchev–Trinajstić information content (AvgIpc) is 3.37. The molecule has 0 spiro atoms. The molecule has 172 valence electrons. The Bertz CT molecular complexity index is 1390. The van der Waals surface area contributed by atoms with Crippen LogP contribution < -0.4 is 9.46 Å². The summed E-state index contributed by atoms with van der Waals surface area (Å²) >= 11 is 0. The number of aromatic nitrogens is 6. The van der Waals surface area contributed by atoms with Gasteiger partial charge in [-0.2, -0.15) is 13.4 Å². The molecule has 10 nitrogen and oxygen atoms in total. The molecule has 11 heteroatoms. The van der Waals surface area contributed by atoms with E-state index in [0.717, 1.165) is 11.4 Å². The number of nitrogens with zero attached hydrogens (tertiary/aromatic N) is 6. The molecule has 0 aliphatic carbocycles. The minimum Gasteiger partial charge on any atom is -0.439 e. The Morgan fingerprint density at radius 3 is 2.33 bits per heavy atom. The normalized spacial score (nSPS) is 11.7. The van der Waals surface area contributed by atoms with Crippen LogP contribution in [0.3, 0.4) is 0 Å². The van der Waals surface area contributed by atoms with Crippen LogP contribution in [0.5, 0.6) is 11.6 Å². The number of ether oxygens (including phenoxy) is 1. The topological polar surface area (TPSA) is 117 Å². The molecule has 0 fully saturated rings. The van der Waals surface area contributed by atoms with E-state index in [9.17, 15) is 8.42 Å². The highest BCUT2D eigenvalue weighted by atomic mass is 32.2. The zero-order valence-electron chi connectivity index (χ0n) is 19.0. The van der Waals surface area contributed by atoms with E-state index < -0.39 is 10.0 Å². The summed E-state index contributed by atoms with van der Waals surface area (Å²) in [6.07, 6.45) is 4.71. The Balaban J connectivity index is 1.50. The van der Waals surface area contributed by atoms with Crippen LogP contribution in [0.2, 0.25) is 0 Å². The minimum absolute atomic E-state index is 0.0365. The predicted molar refractivity (Wildman–Crippen MR) is 123 cm³/mol. The summed E-state index contributed by atoms with van der Waals surface area (Å²) in [5.74, 6) is 2.08. The van der Waals surface area contributed by atoms with Gasteiger partial charge in [-0.3, -0.25) is 9.29 Å². The lowest BCUT2D eigenvalue weighted by molar-refractivity contribution is 0.459. The Labute approximate surface area is 192 Å². The van der Waals surface area contributed by atoms with E-state index in [2.05, 4.69) is 24.7 Å². The number of benzene rings is 1. The Morgan fingerprint density at radius 2 is 1.73 bits per heavy atom. The number of imidazole rings is 2. The van der Waals surface area contributed by atoms with E-state index in [1.165, 1.54) is 12.5 Å². The molecule has 0 aliphatic rings. The number of anilines is 1. The van der Waals surface area contributed by atoms with Crippen LogP contribution in [-0.4, -0.2) is 37.5 Å². The van der Waals surface area contributed by atoms with Gasteiger partial charge >= 0.3 is 0 Å². The predicted octanol–water partition coefficient (Wildman–Crippen LogP) is 3.96. The maximum atomic E-state index is 12.6. The van der Waals surface area contributed by atoms with Gasteiger partial charge in [0.05, 0.1) is 12.0 Å². The largest absolute Gasteiger partial charge is 0.439 e. The van der Waals surface area contributed by atoms with Crippen molar-refractivity contribution in [1.29, 1.82) is 0 Å². The Kier molecular flexibility index (Phi) is 5.90. The summed E-state index contributed by atoms with van der Waals surface area (Å²) in [7, 11) is -3.79. The first kappa shape index (κ1) is 22.5. The second kappa shape index (κ2) is 8.66. The summed E-state index contributed by atoms with van der Waals surface area (Å²) in [6, 6.07) is 8.39. The third-order valence-corrected chi connectivity index (χ3v) is 6.34. The molecular weight excluding hydrogens is 442 g/mol. The molecule has 0 amide bonds. The van der Waals surface area contributed by atoms with Crippen molar-refractivity contribution in [2.75, 3.05) is 4.72 Å². The molecule has 0 saturated heterocycles. The van der Waals surface area contributed by atoms with Crippen molar-refractivity contribution >= 4 is 15.7 Å². The van der Waals surface area contributed by atoms with Crippen LogP contribution in [0.4, 0.5) is 5.69 Å². The van der Waals surface area contributed by atoms with Crippen molar-refractivity contribution in [2.24, 2.45) is 0 Å². The minimum atomic E-state index is -3.79. The summed E-state index contributed by atoms with van der Waals surface area (Å²) < 4.78 is 37.2. The highest BCUT2D eigenvalue weighted by molar-refractivity contribution is 7.92. The summed E-state index contributed by atoms with van der Waals surface area (Å²) in [5, 5.41) is -0.0365. The molecule has 0 saturated carbocycles. The van der Waals surface area contributed by atoms with Crippen LogP contribution in [0.25, 0.3) is 5.82 Å². The maximum absolute atomic E-state index is 12.6. The number of rotatable bonds is 7. The van der Waals surface area contributed by atoms with Gasteiger partial charge < -0.3 is 9.30 Å². The summed E-state index contributed by atoms with van der Waals surface area (Å²) in [4.78, 5) is 17.1. The first-order valence-electron chi connectivity index (χ1n) is 10.3. The van der Waals surface area contributed by atoms with Crippen molar-refractivity contribution in [3.05, 3.63) is 66.4 Å². The summed E-state index contributed by atoms with van der Waals surface area (Å²) in [5.41, 5.74) is 2.29. The highest BCUT2D eigenvalue weighted by Gasteiger charge is 2.18. The van der Waals surface area contributed by atoms with Crippen molar-refractivity contribution in [3.63, 3.8) is 0 Å². The number of hydrogen-bond donors (Lipinski definition) is 1. The van der Waals surface area contributed by atoms with E-state index in [1.54, 1.807) is 48.1 Å². The number of hydrogen-bond acceptors (Lipinski definition) is 7. The Hall–Kier alpha value is -3.73. The molecule has 4 rings (SSSR count). The smallest absolute Gasteiger partial charge is 0.280 e. The number of aryl methyl sites for hydroxylation is 2. The molecule has 0 atom stereocenters. The van der Waals surface area contributed by atoms with Gasteiger partial charge in [0.1, 0.15) is 23.7 Å². The first-order chi connectivity index (χ1) is 15.6. The molecule has 0 unspecified atom stereocenters. The first-order valence-corrected chi connectivity index (χ1v) is 11.8. The SMILES string of the molecule is Cc1nc(Oc2ccc(NS(=O)(=O)c3cn(C(C)C)cn3)cc2)cc(-n2cnc(C)c2C)n1. The maximum Gasteiger partial charge on any atom is 0.280 e. The lowest BCUT2D eigenvalue weighted by Gasteiger charge is -2.10. The molecule has 3 aromatic heterocycles. The molecule has 1 N–H and O–H groups in total. The second-order valence-corrected chi connectivity index (χ2v) is 9.51. The lowest BCUT2D eigenvalue weighted by Crippen LogP contribution is -2.13. The standard InChI is InChI=1S/C22H25N7O3S/c1-14(2)28-11-22(24-12-28)33(30,31)27-18-6-8-19(9-7-18)32-21-10-20(25-17(5)26-21)29-13-23-15(3)16(29)4/h6-14,27H,1-5H3. The van der Waals surface area contributed by atoms with E-state index in [4.69, 9.17) is 4.74 Å². The van der Waals surface area contributed by atoms with Gasteiger partial charge in [-0.05, 0) is 58.9 Å². The fraction of sp³-hybridized carbons (Fsp3) is 0.273. The van der Waals surface area contributed by atoms with E-state index in [-0.39, 0.29) is 11.1 Å². The van der Waals surface area contributed by atoms with Crippen LogP contribution >= 0.6 is 0 Å². The van der Waals surface area contributed by atoms with Gasteiger partial charge in [0.2, 0.25) is 5.88 Å². The molecule has 33 heavy (non-hydrogen) atoms. The van der Waals surface area contributed by atoms with Crippen LogP contribution in [0.1, 0.15) is 37.1 Å². The second-order valence-electron chi connectivity index (χ2n) is 7.88. The van der Waals surface area contributed by atoms with Crippen molar-refractivity contribution in [3.8, 4) is 17.4 Å². The van der Waals surface area contributed by atoms with E-state index >= 15 is 0 Å². The average molecular weight is 468 g/mol. The van der Waals surface area contributed by atoms with Crippen LogP contribution in [-0.2, 0) is 10.0 Å². The van der Waals surface area contributed by atoms with E-state index in [1.807, 2.05) is 32.3 Å². The van der Waals surface area contributed by atoms with Gasteiger partial charge in [0.25, 0.3) is 10.0 Å². The van der Waals surface area contributed by atoms with Gasteiger partial charge in [0, 0.05) is 29.7 Å². The van der Waals surface area contributed by atoms with Crippen molar-refractivity contribution in [1.82, 2.24) is 29.1 Å². The summed E-state index contributed by atoms with van der Waals surface area (Å²) in [6.45, 7) is 9.58. The van der Waals surface area contributed by atoms with Crippen molar-refractivity contribution < 1.29 is 13.2 Å². The zero-order valence-corrected chi connectivity index (χ0v) is 19.8. The third-order valence-electron chi connectivity index (χ3n) is 5.08. The van der Waals surface area contributed by atoms with Crippen LogP contribution in [0.15, 0.2) is 54.2 Å². The fourth-order valence-electron chi connectivity index (χ4n) is 3.09. The van der Waals surface area contributed by atoms with Gasteiger partial charge in [-0.25, -0.2) is 15.0 Å². The molecule has 0 aliphatic heterocycles. The van der Waals surface area contributed by atoms with Crippen molar-refractivity contribution in [2.45, 2.75) is 45.7 Å². The van der Waals surface area contributed by atoms with Gasteiger partial charge in [-0.1, -0.05) is 0 Å². The van der Waals surface area contributed by atoms with E-state index in [0.29, 0.717) is 29.0 Å². The van der Waals surface area contributed by atoms with Gasteiger partial charge in [-0.15, -0.1) is 0 Å². The number of sulfonamides is 1. The Morgan fingerprint density at radius 1 is 1.00 bits per heavy atom. The van der Waals surface area contributed by atoms with Gasteiger partial charge in [0.15, 0.2) is 5.03 Å². The molecule has 0 radical (unpaired) electrons. The molecule has 4 aromatic rings. The molecule has 0 bridgehead atoms. The molecule has 3 heterocycles. The highest BCUT2D eigenvalue weighted by Crippen LogP contribution is 2.25. The van der Waals surface area contributed by atoms with Crippen LogP contribution in [0, 0.1) is 20.8 Å². The number of nitrogens with one attached hydrogen (secondary N) is 1. The lowest BCUT2D eigenvalue weighted by atomic mass is 10.3. The quantitative estimate of drug-likeness (QED) is 0.437. The molecular formula is C22H25N7O3S. The third kappa shape index (κ3) is 4.87.